The van der Waals surface area contributed by atoms with Crippen LogP contribution in [0.25, 0.3) is 0 Å². The maximum atomic E-state index is 14.2. The molecule has 0 radical (unpaired) electrons. The summed E-state index contributed by atoms with van der Waals surface area (Å²) in [7, 11) is 0. The quantitative estimate of drug-likeness (QED) is 0.919. The number of rotatable bonds is 4. The lowest BCUT2D eigenvalue weighted by molar-refractivity contribution is 0.0304. The van der Waals surface area contributed by atoms with Gasteiger partial charge in [-0.3, -0.25) is 0 Å². The maximum Gasteiger partial charge on any atom is 0.128 e. The molecule has 2 aliphatic rings. The van der Waals surface area contributed by atoms with Crippen LogP contribution in [0, 0.1) is 5.82 Å². The number of morpholine rings is 1. The van der Waals surface area contributed by atoms with Crippen LogP contribution >= 0.6 is 0 Å². The van der Waals surface area contributed by atoms with Gasteiger partial charge in [-0.2, -0.15) is 0 Å². The van der Waals surface area contributed by atoms with Gasteiger partial charge in [-0.05, 0) is 37.8 Å². The number of fused-ring (bicyclic) bond motifs is 2. The van der Waals surface area contributed by atoms with E-state index in [-0.39, 0.29) is 11.9 Å². The molecule has 3 unspecified atom stereocenters. The molecular formula is C16H23FN2O. The number of ether oxygens (including phenoxy) is 1. The molecule has 2 aliphatic heterocycles. The lowest BCUT2D eigenvalue weighted by Crippen LogP contribution is -2.43. The van der Waals surface area contributed by atoms with E-state index in [0.29, 0.717) is 18.6 Å². The fourth-order valence-electron chi connectivity index (χ4n) is 3.26. The number of nitrogens with two attached hydrogens (primary N) is 1. The van der Waals surface area contributed by atoms with Gasteiger partial charge in [-0.1, -0.05) is 13.0 Å². The van der Waals surface area contributed by atoms with Crippen LogP contribution in [-0.2, 0) is 11.2 Å². The van der Waals surface area contributed by atoms with Crippen molar-refractivity contribution in [1.29, 1.82) is 0 Å². The normalized spacial score (nSPS) is 26.9. The standard InChI is InChI=1S/C16H23FN2O/c1-2-11(18)8-14-15(17)4-3-5-16(14)19-9-12-6-7-13(10-19)20-12/h3-5,11-13H,2,6-10,18H2,1H3. The second kappa shape index (κ2) is 5.70. The predicted molar refractivity (Wildman–Crippen MR) is 78.5 cm³/mol. The van der Waals surface area contributed by atoms with Gasteiger partial charge < -0.3 is 15.4 Å². The SMILES string of the molecule is CCC(N)Cc1c(F)cccc1N1CC2CCC(C1)O2. The van der Waals surface area contributed by atoms with Gasteiger partial charge in [0, 0.05) is 30.4 Å². The van der Waals surface area contributed by atoms with Crippen molar-refractivity contribution in [3.05, 3.63) is 29.6 Å². The van der Waals surface area contributed by atoms with Crippen LogP contribution in [0.15, 0.2) is 18.2 Å². The molecule has 1 aromatic carbocycles. The zero-order chi connectivity index (χ0) is 14.1. The second-order valence-electron chi connectivity index (χ2n) is 5.97. The summed E-state index contributed by atoms with van der Waals surface area (Å²) in [6.45, 7) is 3.78. The molecule has 0 amide bonds. The average Bonchev–Trinajstić information content (AvgIpc) is 2.79. The first-order valence-corrected chi connectivity index (χ1v) is 7.60. The summed E-state index contributed by atoms with van der Waals surface area (Å²) in [4.78, 5) is 2.28. The molecule has 2 bridgehead atoms. The molecule has 0 spiro atoms. The number of hydrogen-bond acceptors (Lipinski definition) is 3. The Morgan fingerprint density at radius 2 is 2.05 bits per heavy atom. The first-order valence-electron chi connectivity index (χ1n) is 7.60. The van der Waals surface area contributed by atoms with Crippen molar-refractivity contribution in [1.82, 2.24) is 0 Å². The molecule has 3 nitrogen and oxygen atoms in total. The Balaban J connectivity index is 1.86. The lowest BCUT2D eigenvalue weighted by Gasteiger charge is -2.35. The molecule has 3 atom stereocenters. The van der Waals surface area contributed by atoms with Crippen molar-refractivity contribution in [2.75, 3.05) is 18.0 Å². The third kappa shape index (κ3) is 2.67. The van der Waals surface area contributed by atoms with Gasteiger partial charge in [-0.25, -0.2) is 4.39 Å². The zero-order valence-corrected chi connectivity index (χ0v) is 12.0. The fourth-order valence-corrected chi connectivity index (χ4v) is 3.26. The van der Waals surface area contributed by atoms with E-state index in [9.17, 15) is 4.39 Å². The summed E-state index contributed by atoms with van der Waals surface area (Å²) in [6.07, 6.45) is 4.34. The summed E-state index contributed by atoms with van der Waals surface area (Å²) < 4.78 is 20.1. The number of hydrogen-bond donors (Lipinski definition) is 1. The van der Waals surface area contributed by atoms with Crippen LogP contribution < -0.4 is 10.6 Å². The van der Waals surface area contributed by atoms with E-state index in [1.807, 2.05) is 13.0 Å². The van der Waals surface area contributed by atoms with Gasteiger partial charge in [0.05, 0.1) is 12.2 Å². The van der Waals surface area contributed by atoms with E-state index in [4.69, 9.17) is 10.5 Å². The Hall–Kier alpha value is -1.13. The first kappa shape index (κ1) is 13.8. The van der Waals surface area contributed by atoms with Crippen molar-refractivity contribution in [2.45, 2.75) is 50.9 Å². The van der Waals surface area contributed by atoms with Crippen molar-refractivity contribution in [3.63, 3.8) is 0 Å². The Bertz CT molecular complexity index is 468. The van der Waals surface area contributed by atoms with Crippen LogP contribution in [0.5, 0.6) is 0 Å². The van der Waals surface area contributed by atoms with Crippen LogP contribution in [0.4, 0.5) is 10.1 Å². The minimum atomic E-state index is -0.134. The first-order chi connectivity index (χ1) is 9.67. The van der Waals surface area contributed by atoms with Crippen molar-refractivity contribution >= 4 is 5.69 Å². The molecule has 20 heavy (non-hydrogen) atoms. The molecule has 2 saturated heterocycles. The van der Waals surface area contributed by atoms with Gasteiger partial charge in [0.1, 0.15) is 5.82 Å². The number of anilines is 1. The highest BCUT2D eigenvalue weighted by Gasteiger charge is 2.34. The predicted octanol–water partition coefficient (Wildman–Crippen LogP) is 2.47. The molecule has 1 aromatic rings. The van der Waals surface area contributed by atoms with Crippen molar-refractivity contribution in [2.24, 2.45) is 5.73 Å². The summed E-state index contributed by atoms with van der Waals surface area (Å²) in [5, 5.41) is 0. The van der Waals surface area contributed by atoms with Crippen LogP contribution in [0.3, 0.4) is 0 Å². The largest absolute Gasteiger partial charge is 0.371 e. The Labute approximate surface area is 119 Å². The molecule has 0 aliphatic carbocycles. The summed E-state index contributed by atoms with van der Waals surface area (Å²) in [6, 6.07) is 5.37. The zero-order valence-electron chi connectivity index (χ0n) is 12.0. The Morgan fingerprint density at radius 3 is 2.70 bits per heavy atom. The van der Waals surface area contributed by atoms with E-state index >= 15 is 0 Å². The van der Waals surface area contributed by atoms with Gasteiger partial charge in [0.15, 0.2) is 0 Å². The highest BCUT2D eigenvalue weighted by atomic mass is 19.1. The molecule has 0 aromatic heterocycles. The highest BCUT2D eigenvalue weighted by Crippen LogP contribution is 2.32. The molecular weight excluding hydrogens is 255 g/mol. The van der Waals surface area contributed by atoms with Crippen LogP contribution in [0.1, 0.15) is 31.7 Å². The van der Waals surface area contributed by atoms with Crippen LogP contribution in [-0.4, -0.2) is 31.3 Å². The minimum absolute atomic E-state index is 0.0170. The molecule has 2 heterocycles. The molecule has 110 valence electrons. The van der Waals surface area contributed by atoms with Gasteiger partial charge in [0.25, 0.3) is 0 Å². The second-order valence-corrected chi connectivity index (χ2v) is 5.97. The van der Waals surface area contributed by atoms with Gasteiger partial charge in [-0.15, -0.1) is 0 Å². The van der Waals surface area contributed by atoms with E-state index < -0.39 is 0 Å². The third-order valence-electron chi connectivity index (χ3n) is 4.47. The summed E-state index contributed by atoms with van der Waals surface area (Å²) in [5.74, 6) is -0.134. The van der Waals surface area contributed by atoms with E-state index in [2.05, 4.69) is 4.90 Å². The molecule has 0 saturated carbocycles. The number of nitrogens with zero attached hydrogens (tertiary/aromatic N) is 1. The lowest BCUT2D eigenvalue weighted by atomic mass is 10.0. The van der Waals surface area contributed by atoms with Gasteiger partial charge >= 0.3 is 0 Å². The van der Waals surface area contributed by atoms with Gasteiger partial charge in [0.2, 0.25) is 0 Å². The Morgan fingerprint density at radius 1 is 1.35 bits per heavy atom. The topological polar surface area (TPSA) is 38.5 Å². The fraction of sp³-hybridized carbons (Fsp3) is 0.625. The summed E-state index contributed by atoms with van der Waals surface area (Å²) in [5.41, 5.74) is 7.80. The van der Waals surface area contributed by atoms with E-state index in [1.54, 1.807) is 6.07 Å². The molecule has 4 heteroatoms. The molecule has 2 N–H and O–H groups in total. The number of benzene rings is 1. The Kier molecular flexibility index (Phi) is 3.94. The smallest absolute Gasteiger partial charge is 0.128 e. The monoisotopic (exact) mass is 278 g/mol. The highest BCUT2D eigenvalue weighted by molar-refractivity contribution is 5.55. The molecule has 2 fully saturated rings. The minimum Gasteiger partial charge on any atom is -0.371 e. The van der Waals surface area contributed by atoms with Crippen LogP contribution in [0.2, 0.25) is 0 Å². The van der Waals surface area contributed by atoms with Crippen molar-refractivity contribution in [3.8, 4) is 0 Å². The van der Waals surface area contributed by atoms with E-state index in [0.717, 1.165) is 43.6 Å². The maximum absolute atomic E-state index is 14.2. The number of halogens is 1. The summed E-state index contributed by atoms with van der Waals surface area (Å²) >= 11 is 0. The third-order valence-corrected chi connectivity index (χ3v) is 4.47. The average molecular weight is 278 g/mol. The van der Waals surface area contributed by atoms with Crippen molar-refractivity contribution < 1.29 is 9.13 Å². The molecule has 3 rings (SSSR count). The van der Waals surface area contributed by atoms with E-state index in [1.165, 1.54) is 6.07 Å².